The highest BCUT2D eigenvalue weighted by molar-refractivity contribution is 5.76. The van der Waals surface area contributed by atoms with Gasteiger partial charge in [-0.15, -0.1) is 0 Å². The molecule has 1 saturated heterocycles. The number of nitrogens with zero attached hydrogens (tertiary/aromatic N) is 1. The summed E-state index contributed by atoms with van der Waals surface area (Å²) in [4.78, 5) is 25.0. The maximum atomic E-state index is 12.1. The van der Waals surface area contributed by atoms with Gasteiger partial charge in [-0.2, -0.15) is 13.2 Å². The summed E-state index contributed by atoms with van der Waals surface area (Å²) in [5, 5.41) is 2.57. The molecule has 9 heteroatoms. The van der Waals surface area contributed by atoms with E-state index in [1.807, 2.05) is 0 Å². The maximum Gasteiger partial charge on any atom is 0.409 e. The van der Waals surface area contributed by atoms with E-state index < -0.39 is 31.0 Å². The molecular weight excluding hydrogens is 317 g/mol. The average Bonchev–Trinajstić information content (AvgIpc) is 2.70. The molecule has 2 amide bonds. The fraction of sp³-hybridized carbons (Fsp3) is 0.857. The second-order valence-corrected chi connectivity index (χ2v) is 5.43. The van der Waals surface area contributed by atoms with Crippen molar-refractivity contribution in [1.29, 1.82) is 0 Å². The lowest BCUT2D eigenvalue weighted by molar-refractivity contribution is -0.144. The van der Waals surface area contributed by atoms with Crippen LogP contribution in [0.3, 0.4) is 0 Å². The van der Waals surface area contributed by atoms with Crippen LogP contribution in [-0.4, -0.2) is 62.5 Å². The molecule has 0 aliphatic carbocycles. The summed E-state index contributed by atoms with van der Waals surface area (Å²) in [5.74, 6) is -0.651. The van der Waals surface area contributed by atoms with Gasteiger partial charge in [-0.05, 0) is 19.3 Å². The summed E-state index contributed by atoms with van der Waals surface area (Å²) < 4.78 is 46.2. The Bertz CT molecular complexity index is 391. The summed E-state index contributed by atoms with van der Waals surface area (Å²) in [7, 11) is 1.49. The van der Waals surface area contributed by atoms with E-state index in [2.05, 4.69) is 5.32 Å². The predicted octanol–water partition coefficient (Wildman–Crippen LogP) is 2.08. The Morgan fingerprint density at radius 2 is 2.00 bits per heavy atom. The Balaban J connectivity index is 2.43. The lowest BCUT2D eigenvalue weighted by atomic mass is 10.1. The van der Waals surface area contributed by atoms with Gasteiger partial charge in [-0.1, -0.05) is 0 Å². The molecular formula is C14H23F3N2O4. The highest BCUT2D eigenvalue weighted by Crippen LogP contribution is 2.21. The standard InChI is InChI=1S/C14H23F3N2O4/c1-22-8-9-23-13(21)19-7-3-2-4-11(10-19)18-12(20)5-6-14(15,16)17/h11H,2-10H2,1H3,(H,18,20)/t11-/m1/s1. The van der Waals surface area contributed by atoms with Crippen LogP contribution in [0.25, 0.3) is 0 Å². The van der Waals surface area contributed by atoms with E-state index in [0.29, 0.717) is 13.0 Å². The smallest absolute Gasteiger partial charge is 0.409 e. The molecule has 1 atom stereocenters. The van der Waals surface area contributed by atoms with Crippen molar-refractivity contribution in [2.24, 2.45) is 0 Å². The van der Waals surface area contributed by atoms with Gasteiger partial charge in [0.15, 0.2) is 0 Å². The van der Waals surface area contributed by atoms with Crippen molar-refractivity contribution in [2.45, 2.75) is 44.3 Å². The molecule has 1 N–H and O–H groups in total. The minimum absolute atomic E-state index is 0.133. The molecule has 0 radical (unpaired) electrons. The number of nitrogens with one attached hydrogen (secondary N) is 1. The first kappa shape index (κ1) is 19.5. The van der Waals surface area contributed by atoms with Crippen LogP contribution in [0.5, 0.6) is 0 Å². The largest absolute Gasteiger partial charge is 0.447 e. The Kier molecular flexibility index (Phi) is 8.15. The number of hydrogen-bond acceptors (Lipinski definition) is 4. The minimum Gasteiger partial charge on any atom is -0.447 e. The molecule has 23 heavy (non-hydrogen) atoms. The number of methoxy groups -OCH3 is 1. The number of amides is 2. The average molecular weight is 340 g/mol. The molecule has 0 aromatic carbocycles. The van der Waals surface area contributed by atoms with E-state index in [0.717, 1.165) is 12.8 Å². The first-order valence-corrected chi connectivity index (χ1v) is 7.58. The van der Waals surface area contributed by atoms with Crippen molar-refractivity contribution < 1.29 is 32.2 Å². The number of carbonyl (C=O) groups is 2. The zero-order valence-electron chi connectivity index (χ0n) is 13.2. The zero-order valence-corrected chi connectivity index (χ0v) is 13.2. The van der Waals surface area contributed by atoms with Crippen molar-refractivity contribution >= 4 is 12.0 Å². The fourth-order valence-corrected chi connectivity index (χ4v) is 2.28. The van der Waals surface area contributed by atoms with Gasteiger partial charge >= 0.3 is 12.3 Å². The summed E-state index contributed by atoms with van der Waals surface area (Å²) in [5.41, 5.74) is 0. The van der Waals surface area contributed by atoms with E-state index in [9.17, 15) is 22.8 Å². The third-order valence-corrected chi connectivity index (χ3v) is 3.44. The molecule has 1 rings (SSSR count). The molecule has 0 saturated carbocycles. The third kappa shape index (κ3) is 8.63. The van der Waals surface area contributed by atoms with Gasteiger partial charge in [0, 0.05) is 32.7 Å². The monoisotopic (exact) mass is 340 g/mol. The van der Waals surface area contributed by atoms with E-state index in [-0.39, 0.29) is 25.8 Å². The van der Waals surface area contributed by atoms with Gasteiger partial charge in [-0.3, -0.25) is 4.79 Å². The van der Waals surface area contributed by atoms with Crippen molar-refractivity contribution in [3.63, 3.8) is 0 Å². The molecule has 0 spiro atoms. The van der Waals surface area contributed by atoms with E-state index in [1.54, 1.807) is 0 Å². The van der Waals surface area contributed by atoms with Crippen molar-refractivity contribution in [3.8, 4) is 0 Å². The molecule has 0 aromatic heterocycles. The van der Waals surface area contributed by atoms with Gasteiger partial charge in [0.05, 0.1) is 13.0 Å². The second kappa shape index (κ2) is 9.59. The first-order valence-electron chi connectivity index (χ1n) is 7.58. The topological polar surface area (TPSA) is 67.9 Å². The summed E-state index contributed by atoms with van der Waals surface area (Å²) in [6, 6.07) is -0.354. The molecule has 1 aliphatic rings. The van der Waals surface area contributed by atoms with Crippen LogP contribution < -0.4 is 5.32 Å². The van der Waals surface area contributed by atoms with Crippen LogP contribution >= 0.6 is 0 Å². The summed E-state index contributed by atoms with van der Waals surface area (Å²) in [6.07, 6.45) is -4.43. The maximum absolute atomic E-state index is 12.1. The molecule has 0 bridgehead atoms. The SMILES string of the molecule is COCCOC(=O)N1CCCC[C@@H](NC(=O)CCC(F)(F)F)C1. The number of rotatable bonds is 6. The molecule has 134 valence electrons. The van der Waals surface area contributed by atoms with Crippen LogP contribution in [-0.2, 0) is 14.3 Å². The molecule has 0 unspecified atom stereocenters. The number of alkyl halides is 3. The number of ether oxygens (including phenoxy) is 2. The number of likely N-dealkylation sites (tertiary alicyclic amines) is 1. The minimum atomic E-state index is -4.35. The third-order valence-electron chi connectivity index (χ3n) is 3.44. The Labute approximate surface area is 133 Å². The lowest BCUT2D eigenvalue weighted by Gasteiger charge is -2.24. The van der Waals surface area contributed by atoms with Crippen molar-refractivity contribution in [3.05, 3.63) is 0 Å². The van der Waals surface area contributed by atoms with Crippen LogP contribution in [0.2, 0.25) is 0 Å². The Morgan fingerprint density at radius 3 is 2.65 bits per heavy atom. The molecule has 1 heterocycles. The quantitative estimate of drug-likeness (QED) is 0.752. The molecule has 6 nitrogen and oxygen atoms in total. The summed E-state index contributed by atoms with van der Waals surface area (Å²) in [6.45, 7) is 1.16. The van der Waals surface area contributed by atoms with Gasteiger partial charge < -0.3 is 19.7 Å². The fourth-order valence-electron chi connectivity index (χ4n) is 2.28. The highest BCUT2D eigenvalue weighted by atomic mass is 19.4. The van der Waals surface area contributed by atoms with Crippen LogP contribution in [0.15, 0.2) is 0 Å². The van der Waals surface area contributed by atoms with E-state index in [1.165, 1.54) is 12.0 Å². The Morgan fingerprint density at radius 1 is 1.26 bits per heavy atom. The normalized spacial score (nSPS) is 19.1. The second-order valence-electron chi connectivity index (χ2n) is 5.43. The van der Waals surface area contributed by atoms with E-state index in [4.69, 9.17) is 9.47 Å². The van der Waals surface area contributed by atoms with Crippen LogP contribution in [0.1, 0.15) is 32.1 Å². The Hall–Kier alpha value is -1.51. The summed E-state index contributed by atoms with van der Waals surface area (Å²) >= 11 is 0. The van der Waals surface area contributed by atoms with E-state index >= 15 is 0 Å². The highest BCUT2D eigenvalue weighted by Gasteiger charge is 2.29. The van der Waals surface area contributed by atoms with Crippen LogP contribution in [0, 0.1) is 0 Å². The van der Waals surface area contributed by atoms with Gasteiger partial charge in [0.25, 0.3) is 0 Å². The molecule has 0 aromatic rings. The molecule has 1 aliphatic heterocycles. The lowest BCUT2D eigenvalue weighted by Crippen LogP contribution is -2.45. The molecule has 1 fully saturated rings. The van der Waals surface area contributed by atoms with Gasteiger partial charge in [0.2, 0.25) is 5.91 Å². The number of halogens is 3. The van der Waals surface area contributed by atoms with Crippen LogP contribution in [0.4, 0.5) is 18.0 Å². The predicted molar refractivity (Wildman–Crippen MR) is 75.9 cm³/mol. The van der Waals surface area contributed by atoms with Crippen molar-refractivity contribution in [1.82, 2.24) is 10.2 Å². The van der Waals surface area contributed by atoms with Gasteiger partial charge in [0.1, 0.15) is 6.61 Å². The zero-order chi connectivity index (χ0) is 17.3. The first-order chi connectivity index (χ1) is 10.8. The number of carbonyl (C=O) groups excluding carboxylic acids is 2. The van der Waals surface area contributed by atoms with Crippen molar-refractivity contribution in [2.75, 3.05) is 33.4 Å². The van der Waals surface area contributed by atoms with Gasteiger partial charge in [-0.25, -0.2) is 4.79 Å². The number of hydrogen-bond donors (Lipinski definition) is 1.